The van der Waals surface area contributed by atoms with Gasteiger partial charge in [0.1, 0.15) is 0 Å². The van der Waals surface area contributed by atoms with Crippen LogP contribution in [0.3, 0.4) is 0 Å². The third kappa shape index (κ3) is 1.71. The number of hydrogen-bond acceptors (Lipinski definition) is 3. The fraction of sp³-hybridized carbons (Fsp3) is 0. The Hall–Kier alpha value is -1.02. The first-order valence-corrected chi connectivity index (χ1v) is 4.05. The number of phenolic OH excluding ortho intramolecular Hbond substituents is 1. The molecule has 1 atom stereocenters. The van der Waals surface area contributed by atoms with E-state index in [0.29, 0.717) is 4.35 Å². The second-order valence-electron chi connectivity index (χ2n) is 2.00. The van der Waals surface area contributed by atoms with Crippen LogP contribution in [0.1, 0.15) is 0 Å². The normalized spacial score (nSPS) is 9.55. The quantitative estimate of drug-likeness (QED) is 0.392. The van der Waals surface area contributed by atoms with Crippen molar-refractivity contribution in [3.63, 3.8) is 0 Å². The van der Waals surface area contributed by atoms with E-state index in [4.69, 9.17) is 5.11 Å². The summed E-state index contributed by atoms with van der Waals surface area (Å²) in [5.74, 6) is -0.0712. The predicted octanol–water partition coefficient (Wildman–Crippen LogP) is -0.441. The van der Waals surface area contributed by atoms with Crippen LogP contribution in [-0.2, 0) is 0 Å². The van der Waals surface area contributed by atoms with Gasteiger partial charge in [-0.25, -0.2) is 0 Å². The third-order valence-corrected chi connectivity index (χ3v) is 2.24. The molecule has 0 fully saturated rings. The van der Waals surface area contributed by atoms with Crippen molar-refractivity contribution in [2.24, 2.45) is 0 Å². The van der Waals surface area contributed by atoms with Crippen molar-refractivity contribution in [1.82, 2.24) is 0 Å². The Morgan fingerprint density at radius 3 is 2.64 bits per heavy atom. The van der Waals surface area contributed by atoms with Gasteiger partial charge in [-0.15, -0.1) is 0 Å². The first-order valence-electron chi connectivity index (χ1n) is 2.84. The molecular formula is C6H6AsNO3. The van der Waals surface area contributed by atoms with Crippen molar-refractivity contribution in [3.8, 4) is 5.75 Å². The zero-order chi connectivity index (χ0) is 8.43. The molecule has 1 unspecified atom stereocenters. The molecule has 11 heavy (non-hydrogen) atoms. The van der Waals surface area contributed by atoms with Gasteiger partial charge in [-0.2, -0.15) is 0 Å². The van der Waals surface area contributed by atoms with Gasteiger partial charge in [0.15, 0.2) is 0 Å². The van der Waals surface area contributed by atoms with Gasteiger partial charge in [0, 0.05) is 0 Å². The average Bonchev–Trinajstić information content (AvgIpc) is 1.94. The van der Waals surface area contributed by atoms with Crippen LogP contribution in [0.4, 0.5) is 5.69 Å². The summed E-state index contributed by atoms with van der Waals surface area (Å²) in [5, 5.41) is 19.2. The molecule has 0 radical (unpaired) electrons. The number of nitro benzene ring substituents is 1. The molecule has 0 aliphatic carbocycles. The van der Waals surface area contributed by atoms with Crippen molar-refractivity contribution in [2.75, 3.05) is 0 Å². The summed E-state index contributed by atoms with van der Waals surface area (Å²) in [6.45, 7) is 0. The number of aromatic hydroxyl groups is 1. The molecule has 0 spiro atoms. The maximum atomic E-state index is 10.3. The molecule has 1 aromatic carbocycles. The average molecular weight is 215 g/mol. The molecule has 1 rings (SSSR count). The Morgan fingerprint density at radius 1 is 1.55 bits per heavy atom. The first kappa shape index (κ1) is 8.08. The molecule has 0 aromatic heterocycles. The second kappa shape index (κ2) is 2.92. The van der Waals surface area contributed by atoms with E-state index in [2.05, 4.69) is 0 Å². The third-order valence-electron chi connectivity index (χ3n) is 1.21. The number of nitro groups is 1. The van der Waals surface area contributed by atoms with E-state index in [1.807, 2.05) is 0 Å². The molecule has 0 saturated carbocycles. The first-order chi connectivity index (χ1) is 5.11. The summed E-state index contributed by atoms with van der Waals surface area (Å²) >= 11 is 1.17. The molecule has 5 heteroatoms. The van der Waals surface area contributed by atoms with Gasteiger partial charge in [0.2, 0.25) is 0 Å². The van der Waals surface area contributed by atoms with Crippen LogP contribution < -0.4 is 4.35 Å². The Labute approximate surface area is 71.5 Å². The Kier molecular flexibility index (Phi) is 2.15. The van der Waals surface area contributed by atoms with E-state index in [9.17, 15) is 10.1 Å². The summed E-state index contributed by atoms with van der Waals surface area (Å²) in [5.41, 5.74) is -0.0231. The SMILES string of the molecule is O=[N+]([O-])c1cc(O)ccc1[AsH2]. The van der Waals surface area contributed by atoms with Crippen LogP contribution in [-0.4, -0.2) is 26.9 Å². The molecule has 1 aromatic rings. The summed E-state index contributed by atoms with van der Waals surface area (Å²) in [6, 6.07) is 4.12. The minimum absolute atomic E-state index is 0.0231. The summed E-state index contributed by atoms with van der Waals surface area (Å²) < 4.78 is 0.611. The summed E-state index contributed by atoms with van der Waals surface area (Å²) in [6.07, 6.45) is 0. The van der Waals surface area contributed by atoms with Crippen LogP contribution in [0.2, 0.25) is 0 Å². The molecule has 0 bridgehead atoms. The summed E-state index contributed by atoms with van der Waals surface area (Å²) in [7, 11) is 0. The number of hydrogen-bond donors (Lipinski definition) is 1. The number of nitrogens with zero attached hydrogens (tertiary/aromatic N) is 1. The fourth-order valence-electron chi connectivity index (χ4n) is 0.690. The maximum absolute atomic E-state index is 10.3. The van der Waals surface area contributed by atoms with Crippen LogP contribution >= 0.6 is 0 Å². The zero-order valence-corrected chi connectivity index (χ0v) is 7.94. The van der Waals surface area contributed by atoms with Crippen molar-refractivity contribution < 1.29 is 10.0 Å². The van der Waals surface area contributed by atoms with E-state index < -0.39 is 4.92 Å². The monoisotopic (exact) mass is 215 g/mol. The summed E-state index contributed by atoms with van der Waals surface area (Å²) in [4.78, 5) is 9.78. The van der Waals surface area contributed by atoms with Crippen molar-refractivity contribution in [2.45, 2.75) is 0 Å². The molecule has 4 nitrogen and oxygen atoms in total. The van der Waals surface area contributed by atoms with E-state index in [1.165, 1.54) is 29.0 Å². The van der Waals surface area contributed by atoms with E-state index in [0.717, 1.165) is 6.07 Å². The zero-order valence-electron chi connectivity index (χ0n) is 5.52. The van der Waals surface area contributed by atoms with Crippen molar-refractivity contribution in [3.05, 3.63) is 28.3 Å². The standard InChI is InChI=1S/C6H6AsNO3/c7-5-2-1-4(9)3-6(5)8(10)11/h1-3,9H,7H2. The van der Waals surface area contributed by atoms with Gasteiger partial charge in [-0.1, -0.05) is 0 Å². The van der Waals surface area contributed by atoms with Gasteiger partial charge in [-0.3, -0.25) is 0 Å². The van der Waals surface area contributed by atoms with Gasteiger partial charge in [0.25, 0.3) is 0 Å². The Balaban J connectivity index is 3.23. The predicted molar refractivity (Wildman–Crippen MR) is 42.9 cm³/mol. The molecule has 0 heterocycles. The van der Waals surface area contributed by atoms with E-state index >= 15 is 0 Å². The van der Waals surface area contributed by atoms with Crippen LogP contribution in [0.15, 0.2) is 18.2 Å². The number of phenols is 1. The van der Waals surface area contributed by atoms with Gasteiger partial charge < -0.3 is 0 Å². The van der Waals surface area contributed by atoms with Gasteiger partial charge >= 0.3 is 71.0 Å². The molecule has 0 amide bonds. The van der Waals surface area contributed by atoms with Crippen molar-refractivity contribution in [1.29, 1.82) is 0 Å². The number of rotatable bonds is 1. The second-order valence-corrected chi connectivity index (χ2v) is 3.31. The Bertz CT molecular complexity index is 300. The fourth-order valence-corrected chi connectivity index (χ4v) is 1.29. The topological polar surface area (TPSA) is 63.4 Å². The molecule has 0 aliphatic heterocycles. The molecular weight excluding hydrogens is 209 g/mol. The van der Waals surface area contributed by atoms with Crippen LogP contribution in [0.5, 0.6) is 5.75 Å². The molecule has 1 N–H and O–H groups in total. The van der Waals surface area contributed by atoms with E-state index in [1.54, 1.807) is 0 Å². The van der Waals surface area contributed by atoms with Crippen molar-refractivity contribution >= 4 is 26.9 Å². The Morgan fingerprint density at radius 2 is 2.18 bits per heavy atom. The molecule has 0 aliphatic rings. The number of benzene rings is 1. The molecule has 58 valence electrons. The van der Waals surface area contributed by atoms with Gasteiger partial charge in [0.05, 0.1) is 0 Å². The van der Waals surface area contributed by atoms with E-state index in [-0.39, 0.29) is 11.4 Å². The molecule has 0 saturated heterocycles. The minimum atomic E-state index is -0.503. The van der Waals surface area contributed by atoms with Crippen LogP contribution in [0, 0.1) is 10.1 Å². The van der Waals surface area contributed by atoms with Crippen LogP contribution in [0.25, 0.3) is 0 Å². The van der Waals surface area contributed by atoms with Gasteiger partial charge in [-0.05, 0) is 0 Å².